The van der Waals surface area contributed by atoms with E-state index in [9.17, 15) is 5.26 Å². The van der Waals surface area contributed by atoms with Gasteiger partial charge in [-0.15, -0.1) is 12.8 Å². The lowest BCUT2D eigenvalue weighted by molar-refractivity contribution is -0.0346. The lowest BCUT2D eigenvalue weighted by Gasteiger charge is -2.56. The van der Waals surface area contributed by atoms with Crippen LogP contribution in [0.1, 0.15) is 85.5 Å². The minimum atomic E-state index is -0.270. The van der Waals surface area contributed by atoms with Crippen molar-refractivity contribution in [3.05, 3.63) is 47.6 Å². The Labute approximate surface area is 197 Å². The summed E-state index contributed by atoms with van der Waals surface area (Å²) in [6.45, 7) is 12.9. The van der Waals surface area contributed by atoms with Gasteiger partial charge in [0.1, 0.15) is 0 Å². The van der Waals surface area contributed by atoms with Crippen molar-refractivity contribution >= 4 is 0 Å². The Morgan fingerprint density at radius 2 is 1.94 bits per heavy atom. The SMILES string of the molecule is C#C.C=C1CC/C(=C/C=C2\CCC[C@]34CC(/C=C/C(C)C(C)(C)C#N)C3CCC24)CC1C. The van der Waals surface area contributed by atoms with Gasteiger partial charge >= 0.3 is 0 Å². The van der Waals surface area contributed by atoms with Gasteiger partial charge in [0.2, 0.25) is 0 Å². The van der Waals surface area contributed by atoms with Crippen molar-refractivity contribution in [3.8, 4) is 18.9 Å². The van der Waals surface area contributed by atoms with Crippen LogP contribution in [0.3, 0.4) is 0 Å². The van der Waals surface area contributed by atoms with E-state index in [0.717, 1.165) is 17.8 Å². The van der Waals surface area contributed by atoms with Crippen molar-refractivity contribution in [2.75, 3.05) is 0 Å². The van der Waals surface area contributed by atoms with Crippen molar-refractivity contribution in [3.63, 3.8) is 0 Å². The molecule has 6 atom stereocenters. The van der Waals surface area contributed by atoms with Crippen LogP contribution in [0, 0.1) is 64.6 Å². The highest BCUT2D eigenvalue weighted by atomic mass is 14.6. The highest BCUT2D eigenvalue weighted by molar-refractivity contribution is 5.30. The van der Waals surface area contributed by atoms with Crippen LogP contribution in [0.15, 0.2) is 47.6 Å². The Morgan fingerprint density at radius 3 is 2.62 bits per heavy atom. The number of allylic oxidation sites excluding steroid dienone is 7. The molecule has 0 saturated heterocycles. The molecular weight excluding hydrogens is 386 g/mol. The Morgan fingerprint density at radius 1 is 1.19 bits per heavy atom. The first-order valence-corrected chi connectivity index (χ1v) is 12.8. The molecule has 32 heavy (non-hydrogen) atoms. The average molecular weight is 430 g/mol. The monoisotopic (exact) mass is 429 g/mol. The van der Waals surface area contributed by atoms with E-state index in [1.807, 2.05) is 0 Å². The zero-order valence-corrected chi connectivity index (χ0v) is 20.9. The first-order chi connectivity index (χ1) is 15.3. The van der Waals surface area contributed by atoms with Gasteiger partial charge in [-0.1, -0.05) is 61.4 Å². The van der Waals surface area contributed by atoms with Gasteiger partial charge in [0.15, 0.2) is 0 Å². The maximum Gasteiger partial charge on any atom is 0.0690 e. The summed E-state index contributed by atoms with van der Waals surface area (Å²) in [5, 5.41) is 9.41. The van der Waals surface area contributed by atoms with Gasteiger partial charge in [0.05, 0.1) is 11.5 Å². The fourth-order valence-electron chi connectivity index (χ4n) is 6.98. The fraction of sp³-hybridized carbons (Fsp3) is 0.645. The molecule has 1 spiro atoms. The zero-order valence-electron chi connectivity index (χ0n) is 20.9. The number of nitriles is 1. The smallest absolute Gasteiger partial charge is 0.0690 e. The molecule has 5 unspecified atom stereocenters. The standard InChI is InChI=1S/C29H41N.C2H2/c1-20-8-10-23(17-21(20)2)11-13-24-7-6-16-29-18-25(27(29)15-14-26(24)29)12-9-22(3)28(4,5)19-30;1-2/h9,11-13,21-22,25-27H,1,6-8,10,14-18H2,2-5H3;1-2H/b12-9+,23-11-,24-13+;/t21?,22?,25?,26?,27?,29-;/m1./s1. The molecule has 4 rings (SSSR count). The summed E-state index contributed by atoms with van der Waals surface area (Å²) in [4.78, 5) is 0. The molecular formula is C31H43N. The summed E-state index contributed by atoms with van der Waals surface area (Å²) >= 11 is 0. The lowest BCUT2D eigenvalue weighted by atomic mass is 9.48. The summed E-state index contributed by atoms with van der Waals surface area (Å²) < 4.78 is 0. The topological polar surface area (TPSA) is 23.8 Å². The average Bonchev–Trinajstić information content (AvgIpc) is 3.09. The molecule has 4 aliphatic carbocycles. The molecule has 4 fully saturated rings. The van der Waals surface area contributed by atoms with Crippen LogP contribution in [-0.4, -0.2) is 0 Å². The normalized spacial score (nSPS) is 37.7. The van der Waals surface area contributed by atoms with Crippen molar-refractivity contribution in [1.82, 2.24) is 0 Å². The van der Waals surface area contributed by atoms with Crippen molar-refractivity contribution < 1.29 is 0 Å². The van der Waals surface area contributed by atoms with E-state index in [-0.39, 0.29) is 5.41 Å². The van der Waals surface area contributed by atoms with Crippen LogP contribution >= 0.6 is 0 Å². The molecule has 0 bridgehead atoms. The third-order valence-electron chi connectivity index (χ3n) is 9.53. The number of rotatable bonds is 4. The van der Waals surface area contributed by atoms with E-state index in [0.29, 0.717) is 17.3 Å². The molecule has 0 radical (unpaired) electrons. The van der Waals surface area contributed by atoms with E-state index < -0.39 is 0 Å². The number of terminal acetylenes is 1. The molecule has 4 saturated carbocycles. The van der Waals surface area contributed by atoms with Gasteiger partial charge in [-0.05, 0) is 107 Å². The molecule has 0 heterocycles. The summed E-state index contributed by atoms with van der Waals surface area (Å²) in [7, 11) is 0. The first-order valence-electron chi connectivity index (χ1n) is 12.8. The number of hydrogen-bond donors (Lipinski definition) is 0. The minimum absolute atomic E-state index is 0.270. The number of hydrogen-bond acceptors (Lipinski definition) is 1. The second-order valence-corrected chi connectivity index (χ2v) is 11.5. The van der Waals surface area contributed by atoms with Crippen LogP contribution in [0.4, 0.5) is 0 Å². The van der Waals surface area contributed by atoms with Crippen molar-refractivity contribution in [2.45, 2.75) is 85.5 Å². The largest absolute Gasteiger partial charge is 0.198 e. The molecule has 1 nitrogen and oxygen atoms in total. The molecule has 0 aromatic carbocycles. The summed E-state index contributed by atoms with van der Waals surface area (Å²) in [5.41, 5.74) is 5.17. The molecule has 0 aromatic heterocycles. The Balaban J connectivity index is 0.00000141. The van der Waals surface area contributed by atoms with Gasteiger partial charge in [0, 0.05) is 0 Å². The van der Waals surface area contributed by atoms with Crippen molar-refractivity contribution in [2.24, 2.45) is 40.4 Å². The van der Waals surface area contributed by atoms with Gasteiger partial charge in [-0.3, -0.25) is 0 Å². The van der Waals surface area contributed by atoms with Crippen molar-refractivity contribution in [1.29, 1.82) is 5.26 Å². The summed E-state index contributed by atoms with van der Waals surface area (Å²) in [6.07, 6.45) is 29.8. The predicted octanol–water partition coefficient (Wildman–Crippen LogP) is 8.42. The maximum absolute atomic E-state index is 9.41. The third kappa shape index (κ3) is 4.55. The highest BCUT2D eigenvalue weighted by Gasteiger charge is 2.61. The Kier molecular flexibility index (Phi) is 7.61. The van der Waals surface area contributed by atoms with Crippen LogP contribution in [0.2, 0.25) is 0 Å². The molecule has 0 aliphatic heterocycles. The quantitative estimate of drug-likeness (QED) is 0.325. The van der Waals surface area contributed by atoms with E-state index in [1.54, 1.807) is 11.1 Å². The van der Waals surface area contributed by atoms with Crippen LogP contribution in [0.5, 0.6) is 0 Å². The van der Waals surface area contributed by atoms with E-state index in [4.69, 9.17) is 0 Å². The molecule has 0 aromatic rings. The highest BCUT2D eigenvalue weighted by Crippen LogP contribution is 2.69. The van der Waals surface area contributed by atoms with Crippen LogP contribution < -0.4 is 0 Å². The predicted molar refractivity (Wildman–Crippen MR) is 137 cm³/mol. The maximum atomic E-state index is 9.41. The third-order valence-corrected chi connectivity index (χ3v) is 9.53. The van der Waals surface area contributed by atoms with E-state index in [2.05, 4.69) is 77.5 Å². The van der Waals surface area contributed by atoms with Gasteiger partial charge < -0.3 is 0 Å². The molecule has 172 valence electrons. The summed E-state index contributed by atoms with van der Waals surface area (Å²) in [6, 6.07) is 2.47. The zero-order chi connectivity index (χ0) is 23.5. The van der Waals surface area contributed by atoms with Crippen LogP contribution in [0.25, 0.3) is 0 Å². The van der Waals surface area contributed by atoms with E-state index >= 15 is 0 Å². The Bertz CT molecular complexity index is 857. The molecule has 1 heteroatoms. The minimum Gasteiger partial charge on any atom is -0.198 e. The molecule has 4 aliphatic rings. The number of nitrogens with zero attached hydrogens (tertiary/aromatic N) is 1. The molecule has 0 amide bonds. The van der Waals surface area contributed by atoms with Gasteiger partial charge in [-0.25, -0.2) is 0 Å². The van der Waals surface area contributed by atoms with E-state index in [1.165, 1.54) is 63.4 Å². The lowest BCUT2D eigenvalue weighted by Crippen LogP contribution is -2.49. The second kappa shape index (κ2) is 9.87. The summed E-state index contributed by atoms with van der Waals surface area (Å²) in [5.74, 6) is 3.44. The van der Waals surface area contributed by atoms with Gasteiger partial charge in [-0.2, -0.15) is 5.26 Å². The fourth-order valence-corrected chi connectivity index (χ4v) is 6.98. The molecule has 0 N–H and O–H groups in total. The van der Waals surface area contributed by atoms with Crippen LogP contribution in [-0.2, 0) is 0 Å². The Hall–Kier alpha value is -1.99. The first kappa shape index (κ1) is 24.6. The van der Waals surface area contributed by atoms with Gasteiger partial charge in [0.25, 0.3) is 0 Å². The second-order valence-electron chi connectivity index (χ2n) is 11.5.